The van der Waals surface area contributed by atoms with Crippen molar-refractivity contribution in [2.75, 3.05) is 6.54 Å². The molecular formula is C11H17F2N3O3. The number of carboxylic acid groups (broad SMARTS) is 1. The van der Waals surface area contributed by atoms with E-state index in [0.717, 1.165) is 0 Å². The normalized spacial score (nSPS) is 25.3. The van der Waals surface area contributed by atoms with Crippen LogP contribution in [0.1, 0.15) is 26.7 Å². The van der Waals surface area contributed by atoms with Gasteiger partial charge in [0.25, 0.3) is 0 Å². The number of alkyl halides is 2. The summed E-state index contributed by atoms with van der Waals surface area (Å²) in [6, 6.07) is 1.57. The largest absolute Gasteiger partial charge is 0.475 e. The van der Waals surface area contributed by atoms with Gasteiger partial charge in [-0.2, -0.15) is 19.5 Å². The first kappa shape index (κ1) is 15.8. The number of aliphatic carboxylic acids is 1. The van der Waals surface area contributed by atoms with E-state index in [0.29, 0.717) is 19.4 Å². The minimum Gasteiger partial charge on any atom is -0.475 e. The zero-order chi connectivity index (χ0) is 14.6. The van der Waals surface area contributed by atoms with E-state index in [1.165, 1.54) is 0 Å². The molecule has 1 saturated heterocycles. The molecule has 1 unspecified atom stereocenters. The fourth-order valence-corrected chi connectivity index (χ4v) is 2.00. The zero-order valence-corrected chi connectivity index (χ0v) is 10.8. The number of carbonyl (C=O) groups is 1. The Bertz CT molecular complexity index is 371. The minimum atomic E-state index is -4.26. The van der Waals surface area contributed by atoms with Gasteiger partial charge in [0, 0.05) is 18.6 Å². The fourth-order valence-electron chi connectivity index (χ4n) is 2.00. The first-order chi connectivity index (χ1) is 8.77. The lowest BCUT2D eigenvalue weighted by Crippen LogP contribution is -2.54. The summed E-state index contributed by atoms with van der Waals surface area (Å²) >= 11 is 0. The van der Waals surface area contributed by atoms with Gasteiger partial charge in [-0.3, -0.25) is 4.90 Å². The van der Waals surface area contributed by atoms with Crippen molar-refractivity contribution < 1.29 is 23.5 Å². The van der Waals surface area contributed by atoms with Gasteiger partial charge in [0.2, 0.25) is 0 Å². The molecule has 1 fully saturated rings. The summed E-state index contributed by atoms with van der Waals surface area (Å²) in [4.78, 5) is 16.0. The number of nitrogens with zero attached hydrogens (tertiary/aromatic N) is 2. The highest BCUT2D eigenvalue weighted by atomic mass is 19.3. The van der Waals surface area contributed by atoms with Crippen molar-refractivity contribution in [3.8, 4) is 6.07 Å². The average molecular weight is 277 g/mol. The number of hydrogen-bond acceptors (Lipinski definition) is 5. The molecule has 0 bridgehead atoms. The van der Waals surface area contributed by atoms with Gasteiger partial charge < -0.3 is 5.11 Å². The van der Waals surface area contributed by atoms with Crippen molar-refractivity contribution in [2.45, 2.75) is 50.9 Å². The Kier molecular flexibility index (Phi) is 5.17. The van der Waals surface area contributed by atoms with E-state index in [2.05, 4.69) is 16.4 Å². The summed E-state index contributed by atoms with van der Waals surface area (Å²) in [7, 11) is 0. The Morgan fingerprint density at radius 3 is 2.68 bits per heavy atom. The number of nitriles is 1. The lowest BCUT2D eigenvalue weighted by Gasteiger charge is -2.39. The van der Waals surface area contributed by atoms with Crippen molar-refractivity contribution in [3.63, 3.8) is 0 Å². The molecule has 0 amide bonds. The highest BCUT2D eigenvalue weighted by molar-refractivity contribution is 5.73. The van der Waals surface area contributed by atoms with Crippen molar-refractivity contribution in [3.05, 3.63) is 0 Å². The summed E-state index contributed by atoms with van der Waals surface area (Å²) in [6.07, 6.45) is -3.26. The lowest BCUT2D eigenvalue weighted by atomic mass is 9.98. The maximum Gasteiger partial charge on any atom is 0.471 e. The van der Waals surface area contributed by atoms with Crippen LogP contribution in [-0.4, -0.2) is 46.8 Å². The predicted octanol–water partition coefficient (Wildman–Crippen LogP) is 0.950. The molecule has 1 rings (SSSR count). The number of piperidine rings is 1. The Labute approximate surface area is 109 Å². The first-order valence-electron chi connectivity index (χ1n) is 5.98. The van der Waals surface area contributed by atoms with Crippen LogP contribution in [0.3, 0.4) is 0 Å². The Morgan fingerprint density at radius 2 is 2.21 bits per heavy atom. The average Bonchev–Trinajstić information content (AvgIpc) is 2.35. The third-order valence-corrected chi connectivity index (χ3v) is 3.04. The van der Waals surface area contributed by atoms with E-state index in [4.69, 9.17) is 10.4 Å². The molecule has 0 aromatic carbocycles. The van der Waals surface area contributed by atoms with Gasteiger partial charge in [-0.05, 0) is 26.7 Å². The van der Waals surface area contributed by atoms with Crippen LogP contribution in [0, 0.1) is 11.3 Å². The molecule has 2 atom stereocenters. The van der Waals surface area contributed by atoms with Crippen molar-refractivity contribution in [2.24, 2.45) is 0 Å². The molecule has 0 radical (unpaired) electrons. The van der Waals surface area contributed by atoms with Crippen molar-refractivity contribution >= 4 is 5.97 Å². The second-order valence-corrected chi connectivity index (χ2v) is 4.75. The first-order valence-corrected chi connectivity index (χ1v) is 5.98. The summed E-state index contributed by atoms with van der Waals surface area (Å²) in [5.41, 5.74) is 2.09. The molecule has 19 heavy (non-hydrogen) atoms. The molecule has 0 aromatic rings. The summed E-state index contributed by atoms with van der Waals surface area (Å²) in [5.74, 6) is -2.34. The van der Waals surface area contributed by atoms with E-state index in [1.807, 2.05) is 18.7 Å². The Hall–Kier alpha value is -1.30. The summed E-state index contributed by atoms with van der Waals surface area (Å²) in [5, 5.41) is 17.2. The summed E-state index contributed by atoms with van der Waals surface area (Å²) in [6.45, 7) is 4.16. The number of carboxylic acids is 1. The third kappa shape index (κ3) is 4.09. The number of likely N-dealkylation sites (tertiary alicyclic amines) is 1. The van der Waals surface area contributed by atoms with Crippen LogP contribution in [0.4, 0.5) is 8.78 Å². The van der Waals surface area contributed by atoms with Crippen LogP contribution in [0.15, 0.2) is 0 Å². The third-order valence-electron chi connectivity index (χ3n) is 3.04. The van der Waals surface area contributed by atoms with Crippen LogP contribution < -0.4 is 5.48 Å². The molecule has 8 heteroatoms. The van der Waals surface area contributed by atoms with Gasteiger partial charge >= 0.3 is 12.1 Å². The van der Waals surface area contributed by atoms with E-state index in [9.17, 15) is 13.6 Å². The maximum absolute atomic E-state index is 12.7. The van der Waals surface area contributed by atoms with E-state index in [-0.39, 0.29) is 12.1 Å². The highest BCUT2D eigenvalue weighted by Gasteiger charge is 2.42. The molecule has 108 valence electrons. The minimum absolute atomic E-state index is 0.0919. The van der Waals surface area contributed by atoms with Crippen LogP contribution in [-0.2, 0) is 9.63 Å². The summed E-state index contributed by atoms with van der Waals surface area (Å²) < 4.78 is 25.5. The molecule has 1 heterocycles. The molecule has 1 aliphatic rings. The molecule has 1 aliphatic heterocycles. The number of rotatable bonds is 5. The van der Waals surface area contributed by atoms with E-state index >= 15 is 0 Å². The van der Waals surface area contributed by atoms with Crippen LogP contribution >= 0.6 is 0 Å². The molecule has 0 saturated carbocycles. The van der Waals surface area contributed by atoms with Crippen molar-refractivity contribution in [1.29, 1.82) is 5.26 Å². The molecule has 0 spiro atoms. The smallest absolute Gasteiger partial charge is 0.471 e. The van der Waals surface area contributed by atoms with Gasteiger partial charge in [-0.1, -0.05) is 0 Å². The predicted molar refractivity (Wildman–Crippen MR) is 61.1 cm³/mol. The van der Waals surface area contributed by atoms with Crippen LogP contribution in [0.5, 0.6) is 0 Å². The van der Waals surface area contributed by atoms with Gasteiger partial charge in [0.1, 0.15) is 0 Å². The number of nitrogens with one attached hydrogen (secondary N) is 1. The van der Waals surface area contributed by atoms with Gasteiger partial charge in [0.15, 0.2) is 0 Å². The molecule has 2 N–H and O–H groups in total. The molecular weight excluding hydrogens is 260 g/mol. The lowest BCUT2D eigenvalue weighted by molar-refractivity contribution is -0.275. The standard InChI is InChI=1S/C11H17F2N3O3/c1-7(2)16-6-8(3-4-9(16)5-14)15-19-11(12,13)10(17)18/h7-9,15H,3-4,6H2,1-2H3,(H,17,18)/t8?,9-/m0/s1. The SMILES string of the molecule is CC(C)N1CC(NOC(F)(F)C(=O)O)CC[C@H]1C#N. The maximum atomic E-state index is 12.7. The zero-order valence-electron chi connectivity index (χ0n) is 10.8. The van der Waals surface area contributed by atoms with Crippen LogP contribution in [0.25, 0.3) is 0 Å². The van der Waals surface area contributed by atoms with Gasteiger partial charge in [-0.25, -0.2) is 9.63 Å². The fraction of sp³-hybridized carbons (Fsp3) is 0.818. The van der Waals surface area contributed by atoms with Crippen LogP contribution in [0.2, 0.25) is 0 Å². The Morgan fingerprint density at radius 1 is 1.58 bits per heavy atom. The van der Waals surface area contributed by atoms with Gasteiger partial charge in [0.05, 0.1) is 12.1 Å². The second kappa shape index (κ2) is 6.23. The van der Waals surface area contributed by atoms with Gasteiger partial charge in [-0.15, -0.1) is 0 Å². The van der Waals surface area contributed by atoms with E-state index < -0.39 is 18.1 Å². The number of hydrogen-bond donors (Lipinski definition) is 2. The highest BCUT2D eigenvalue weighted by Crippen LogP contribution is 2.21. The van der Waals surface area contributed by atoms with Crippen molar-refractivity contribution in [1.82, 2.24) is 10.4 Å². The number of hydroxylamine groups is 1. The van der Waals surface area contributed by atoms with E-state index in [1.54, 1.807) is 0 Å². The Balaban J connectivity index is 2.54. The quantitative estimate of drug-likeness (QED) is 0.728. The topological polar surface area (TPSA) is 85.6 Å². The molecule has 0 aliphatic carbocycles. The molecule has 6 nitrogen and oxygen atoms in total. The molecule has 0 aromatic heterocycles. The monoisotopic (exact) mass is 277 g/mol. The second-order valence-electron chi connectivity index (χ2n) is 4.75. The number of halogens is 2.